The van der Waals surface area contributed by atoms with E-state index in [4.69, 9.17) is 10.6 Å². The number of fused-ring (bicyclic) bond motifs is 1. The van der Waals surface area contributed by atoms with Gasteiger partial charge in [0.2, 0.25) is 11.1 Å². The van der Waals surface area contributed by atoms with Crippen LogP contribution >= 0.6 is 34.9 Å². The minimum absolute atomic E-state index is 0.0682. The Labute approximate surface area is 234 Å². The van der Waals surface area contributed by atoms with Crippen LogP contribution in [0.15, 0.2) is 15.7 Å². The number of carbonyl (C=O) groups is 3. The molecule has 3 fully saturated rings. The molecule has 0 bridgehead atoms. The van der Waals surface area contributed by atoms with Crippen molar-refractivity contribution < 1.29 is 29.4 Å². The van der Waals surface area contributed by atoms with E-state index in [1.807, 2.05) is 0 Å². The summed E-state index contributed by atoms with van der Waals surface area (Å²) < 4.78 is 0. The number of oxime groups is 1. The third-order valence-electron chi connectivity index (χ3n) is 6.97. The molecule has 3 aliphatic rings. The Balaban J connectivity index is 1.29. The monoisotopic (exact) mass is 597 g/mol. The summed E-state index contributed by atoms with van der Waals surface area (Å²) in [6.45, 7) is -0.341. The zero-order valence-electron chi connectivity index (χ0n) is 20.6. The number of nitrogens with one attached hydrogen (secondary N) is 2. The van der Waals surface area contributed by atoms with Crippen LogP contribution in [0.2, 0.25) is 0 Å². The number of anilines is 1. The summed E-state index contributed by atoms with van der Waals surface area (Å²) in [6.07, 6.45) is 3.82. The van der Waals surface area contributed by atoms with Gasteiger partial charge in [-0.3, -0.25) is 14.4 Å². The minimum Gasteiger partial charge on any atom is -0.481 e. The maximum Gasteiger partial charge on any atom is 0.313 e. The molecule has 0 radical (unpaired) electrons. The summed E-state index contributed by atoms with van der Waals surface area (Å²) in [5.41, 5.74) is 4.57. The number of thioether (sulfide) groups is 2. The number of nitrogens with two attached hydrogens (primary N) is 1. The second kappa shape index (κ2) is 11.6. The van der Waals surface area contributed by atoms with Crippen molar-refractivity contribution in [3.63, 3.8) is 0 Å². The number of tetrazole rings is 1. The quantitative estimate of drug-likeness (QED) is 0.0990. The number of nitrogen functional groups attached to an aromatic ring is 1. The first-order valence-corrected chi connectivity index (χ1v) is 15.1. The van der Waals surface area contributed by atoms with Gasteiger partial charge in [-0.05, 0) is 37.3 Å². The van der Waals surface area contributed by atoms with E-state index in [0.717, 1.165) is 48.8 Å². The lowest BCUT2D eigenvalue weighted by Gasteiger charge is -2.55. The van der Waals surface area contributed by atoms with Gasteiger partial charge in [-0.15, -0.1) is 33.3 Å². The van der Waals surface area contributed by atoms with Gasteiger partial charge < -0.3 is 31.0 Å². The molecule has 39 heavy (non-hydrogen) atoms. The highest BCUT2D eigenvalue weighted by atomic mass is 32.2. The van der Waals surface area contributed by atoms with E-state index in [2.05, 4.69) is 36.1 Å². The van der Waals surface area contributed by atoms with Gasteiger partial charge in [0, 0.05) is 29.5 Å². The molecule has 4 heterocycles. The van der Waals surface area contributed by atoms with Crippen LogP contribution in [0.25, 0.3) is 0 Å². The molecular formula is C21H27N9O6S3. The normalized spacial score (nSPS) is 26.1. The van der Waals surface area contributed by atoms with E-state index in [-0.39, 0.29) is 53.1 Å². The SMILES string of the molecule is Nc1nc(C(=NOC2CCCC2)C(=O)NC2C(=O)N3CC(C(=O)O)(C(CCO)Sc4nn[nH]n4)CS[C@H]23)cs1. The molecule has 5 rings (SSSR count). The molecule has 0 aromatic carbocycles. The highest BCUT2D eigenvalue weighted by molar-refractivity contribution is 8.01. The molecule has 0 spiro atoms. The lowest BCUT2D eigenvalue weighted by atomic mass is 9.82. The first-order chi connectivity index (χ1) is 18.8. The number of β-lactam (4-membered cyclic amide) rings is 1. The molecule has 2 amide bonds. The van der Waals surface area contributed by atoms with E-state index < -0.39 is 39.9 Å². The molecule has 2 saturated heterocycles. The van der Waals surface area contributed by atoms with Gasteiger partial charge in [-0.2, -0.15) is 5.21 Å². The van der Waals surface area contributed by atoms with Gasteiger partial charge in [-0.25, -0.2) is 4.98 Å². The number of aromatic amines is 1. The topological polar surface area (TPSA) is 222 Å². The van der Waals surface area contributed by atoms with Gasteiger partial charge in [0.15, 0.2) is 10.8 Å². The Bertz CT molecular complexity index is 1240. The first-order valence-electron chi connectivity index (χ1n) is 12.2. The summed E-state index contributed by atoms with van der Waals surface area (Å²) in [5, 5.41) is 41.3. The number of carboxylic acids is 1. The summed E-state index contributed by atoms with van der Waals surface area (Å²) in [4.78, 5) is 50.2. The van der Waals surface area contributed by atoms with Crippen LogP contribution in [0, 0.1) is 5.41 Å². The Hall–Kier alpha value is -2.96. The molecule has 4 atom stereocenters. The van der Waals surface area contributed by atoms with Crippen molar-refractivity contribution in [1.82, 2.24) is 35.8 Å². The molecule has 1 saturated carbocycles. The second-order valence-corrected chi connectivity index (χ2v) is 12.6. The van der Waals surface area contributed by atoms with Crippen LogP contribution in [0.5, 0.6) is 0 Å². The van der Waals surface area contributed by atoms with Crippen LogP contribution in [0.3, 0.4) is 0 Å². The Kier molecular flexibility index (Phi) is 8.24. The van der Waals surface area contributed by atoms with E-state index in [0.29, 0.717) is 0 Å². The number of hydrogen-bond donors (Lipinski definition) is 5. The number of H-pyrrole nitrogens is 1. The van der Waals surface area contributed by atoms with Crippen LogP contribution in [-0.4, -0.2) is 106 Å². The summed E-state index contributed by atoms with van der Waals surface area (Å²) in [5.74, 6) is -1.99. The fourth-order valence-corrected chi connectivity index (χ4v) is 8.30. The Morgan fingerprint density at radius 1 is 1.41 bits per heavy atom. The van der Waals surface area contributed by atoms with Gasteiger partial charge in [0.1, 0.15) is 28.6 Å². The number of amides is 2. The number of carboxylic acid groups (broad SMARTS) is 1. The zero-order valence-corrected chi connectivity index (χ0v) is 23.0. The number of hydrogen-bond acceptors (Lipinski definition) is 14. The number of thiazole rings is 1. The minimum atomic E-state index is -1.38. The molecule has 210 valence electrons. The predicted octanol–water partition coefficient (Wildman–Crippen LogP) is -0.0841. The molecule has 2 aliphatic heterocycles. The van der Waals surface area contributed by atoms with Crippen LogP contribution in [-0.2, 0) is 19.2 Å². The predicted molar refractivity (Wildman–Crippen MR) is 142 cm³/mol. The zero-order chi connectivity index (χ0) is 27.6. The lowest BCUT2D eigenvalue weighted by molar-refractivity contribution is -0.158. The van der Waals surface area contributed by atoms with Crippen molar-refractivity contribution in [3.8, 4) is 0 Å². The third kappa shape index (κ3) is 5.55. The molecule has 3 unspecified atom stereocenters. The number of nitrogens with zero attached hydrogens (tertiary/aromatic N) is 6. The van der Waals surface area contributed by atoms with Crippen molar-refractivity contribution in [2.75, 3.05) is 24.6 Å². The van der Waals surface area contributed by atoms with Crippen LogP contribution in [0.1, 0.15) is 37.8 Å². The molecule has 1 aliphatic carbocycles. The largest absolute Gasteiger partial charge is 0.481 e. The summed E-state index contributed by atoms with van der Waals surface area (Å²) >= 11 is 3.51. The van der Waals surface area contributed by atoms with Crippen molar-refractivity contribution in [2.24, 2.45) is 10.6 Å². The summed E-state index contributed by atoms with van der Waals surface area (Å²) in [7, 11) is 0. The fraction of sp³-hybridized carbons (Fsp3) is 0.619. The van der Waals surface area contributed by atoms with Crippen LogP contribution in [0.4, 0.5) is 5.13 Å². The van der Waals surface area contributed by atoms with Crippen molar-refractivity contribution in [3.05, 3.63) is 11.1 Å². The number of aliphatic hydroxyl groups is 1. The van der Waals surface area contributed by atoms with Crippen molar-refractivity contribution in [1.29, 1.82) is 0 Å². The maximum atomic E-state index is 13.3. The standard InChI is InChI=1S/C21H27N9O6S3/c22-19-23-11(7-37-19)13(27-36-10-3-1-2-4-10)15(32)24-14-16(33)30-8-21(18(34)35,9-38-17(14)30)12(5-6-31)39-20-25-28-29-26-20/h7,10,12,14,17,31H,1-6,8-9H2,(H2,22,23)(H,24,32)(H,34,35)(H,25,26,28,29)/t12?,14?,17-,21?/m1/s1. The van der Waals surface area contributed by atoms with E-state index >= 15 is 0 Å². The Morgan fingerprint density at radius 2 is 2.21 bits per heavy atom. The molecule has 18 heteroatoms. The molecule has 15 nitrogen and oxygen atoms in total. The van der Waals surface area contributed by atoms with E-state index in [9.17, 15) is 24.6 Å². The average Bonchev–Trinajstić information content (AvgIpc) is 3.71. The van der Waals surface area contributed by atoms with Gasteiger partial charge in [0.25, 0.3) is 5.91 Å². The smallest absolute Gasteiger partial charge is 0.313 e. The van der Waals surface area contributed by atoms with Gasteiger partial charge >= 0.3 is 5.97 Å². The highest BCUT2D eigenvalue weighted by Crippen LogP contribution is 2.48. The number of aliphatic hydroxyl groups excluding tert-OH is 1. The summed E-state index contributed by atoms with van der Waals surface area (Å²) in [6, 6.07) is -0.872. The van der Waals surface area contributed by atoms with Crippen molar-refractivity contribution in [2.45, 2.75) is 60.0 Å². The fourth-order valence-electron chi connectivity index (χ4n) is 4.88. The third-order valence-corrected chi connectivity index (χ3v) is 10.6. The van der Waals surface area contributed by atoms with E-state index in [1.54, 1.807) is 5.38 Å². The first kappa shape index (κ1) is 27.6. The molecular weight excluding hydrogens is 570 g/mol. The molecule has 2 aromatic heterocycles. The van der Waals surface area contributed by atoms with Crippen molar-refractivity contribution >= 4 is 63.5 Å². The second-order valence-electron chi connectivity index (χ2n) is 9.42. The van der Waals surface area contributed by atoms with Gasteiger partial charge in [0.05, 0.1) is 0 Å². The maximum absolute atomic E-state index is 13.3. The number of carbonyl (C=O) groups excluding carboxylic acids is 2. The Morgan fingerprint density at radius 3 is 2.85 bits per heavy atom. The number of rotatable bonds is 11. The van der Waals surface area contributed by atoms with Crippen LogP contribution < -0.4 is 11.1 Å². The van der Waals surface area contributed by atoms with Gasteiger partial charge in [-0.1, -0.05) is 16.9 Å². The lowest BCUT2D eigenvalue weighted by Crippen LogP contribution is -2.75. The molecule has 6 N–H and O–H groups in total. The number of aromatic nitrogens is 5. The van der Waals surface area contributed by atoms with E-state index in [1.165, 1.54) is 16.7 Å². The highest BCUT2D eigenvalue weighted by Gasteiger charge is 2.60. The number of aliphatic carboxylic acids is 1. The average molecular weight is 598 g/mol. The molecule has 2 aromatic rings.